The third-order valence-electron chi connectivity index (χ3n) is 3.68. The van der Waals surface area contributed by atoms with Crippen LogP contribution in [0.5, 0.6) is 0 Å². The number of amides is 1. The Bertz CT molecular complexity index is 646. The van der Waals surface area contributed by atoms with Crippen molar-refractivity contribution in [2.75, 3.05) is 31.5 Å². The fourth-order valence-corrected chi connectivity index (χ4v) is 2.55. The smallest absolute Gasteiger partial charge is 0.410 e. The highest BCUT2D eigenvalue weighted by Crippen LogP contribution is 2.12. The molecular weight excluding hydrogens is 316 g/mol. The first-order valence-corrected chi connectivity index (χ1v) is 8.60. The molecule has 1 heterocycles. The summed E-state index contributed by atoms with van der Waals surface area (Å²) in [7, 11) is 0. The predicted octanol–water partition coefficient (Wildman–Crippen LogP) is 2.62. The number of carbonyl (C=O) groups excluding carboxylic acids is 1. The van der Waals surface area contributed by atoms with Crippen LogP contribution in [-0.4, -0.2) is 53.2 Å². The number of allylic oxidation sites excluding steroid dienone is 1. The molecule has 1 aromatic rings. The number of benzene rings is 1. The zero-order valence-corrected chi connectivity index (χ0v) is 15.6. The Morgan fingerprint density at radius 1 is 1.24 bits per heavy atom. The van der Waals surface area contributed by atoms with E-state index in [1.54, 1.807) is 4.90 Å². The van der Waals surface area contributed by atoms with Gasteiger partial charge in [-0.15, -0.1) is 0 Å². The lowest BCUT2D eigenvalue weighted by Gasteiger charge is -2.30. The van der Waals surface area contributed by atoms with Crippen molar-refractivity contribution in [2.45, 2.75) is 33.3 Å². The molecule has 25 heavy (non-hydrogen) atoms. The van der Waals surface area contributed by atoms with Gasteiger partial charge in [-0.05, 0) is 39.8 Å². The number of nitrogens with zero attached hydrogens (tertiary/aromatic N) is 2. The van der Waals surface area contributed by atoms with Crippen LogP contribution in [0.1, 0.15) is 27.7 Å². The van der Waals surface area contributed by atoms with E-state index in [4.69, 9.17) is 10.5 Å². The number of hydrogen-bond donors (Lipinski definition) is 2. The summed E-state index contributed by atoms with van der Waals surface area (Å²) in [4.78, 5) is 13.9. The van der Waals surface area contributed by atoms with Crippen molar-refractivity contribution >= 4 is 17.6 Å². The van der Waals surface area contributed by atoms with Crippen molar-refractivity contribution < 1.29 is 14.1 Å². The molecule has 0 atom stereocenters. The molecule has 2 rings (SSSR count). The number of hydrogen-bond acceptors (Lipinski definition) is 3. The Morgan fingerprint density at radius 2 is 1.84 bits per heavy atom. The molecule has 0 saturated carbocycles. The second-order valence-corrected chi connectivity index (χ2v) is 7.22. The van der Waals surface area contributed by atoms with Gasteiger partial charge in [0.15, 0.2) is 0 Å². The van der Waals surface area contributed by atoms with Crippen LogP contribution in [0, 0.1) is 0 Å². The fourth-order valence-electron chi connectivity index (χ4n) is 2.55. The van der Waals surface area contributed by atoms with Crippen molar-refractivity contribution in [3.63, 3.8) is 0 Å². The molecular formula is C19H29N4O2+. The van der Waals surface area contributed by atoms with Crippen LogP contribution in [0.25, 0.3) is 0 Å². The van der Waals surface area contributed by atoms with Crippen molar-refractivity contribution in [1.29, 1.82) is 0 Å². The Morgan fingerprint density at radius 3 is 2.36 bits per heavy atom. The van der Waals surface area contributed by atoms with Crippen LogP contribution >= 0.6 is 0 Å². The maximum atomic E-state index is 12.2. The zero-order chi connectivity index (χ0) is 18.4. The van der Waals surface area contributed by atoms with Gasteiger partial charge in [-0.3, -0.25) is 4.58 Å². The Kier molecular flexibility index (Phi) is 6.07. The number of para-hydroxylation sites is 1. The summed E-state index contributed by atoms with van der Waals surface area (Å²) in [6, 6.07) is 9.97. The maximum Gasteiger partial charge on any atom is 0.410 e. The molecule has 3 N–H and O–H groups in total. The molecule has 0 radical (unpaired) electrons. The van der Waals surface area contributed by atoms with Crippen molar-refractivity contribution in [3.8, 4) is 0 Å². The molecule has 1 aromatic carbocycles. The molecule has 136 valence electrons. The van der Waals surface area contributed by atoms with Gasteiger partial charge in [-0.1, -0.05) is 18.2 Å². The Hall–Kier alpha value is -2.50. The number of ether oxygens (including phenoxy) is 1. The SMILES string of the molecule is CC(N)=CC(Nc1ccccc1)=[N+]1CCN(C(=O)OC(C)(C)C)CC1. The third kappa shape index (κ3) is 6.14. The first-order valence-electron chi connectivity index (χ1n) is 8.60. The second-order valence-electron chi connectivity index (χ2n) is 7.22. The van der Waals surface area contributed by atoms with Crippen molar-refractivity contribution in [3.05, 3.63) is 42.1 Å². The highest BCUT2D eigenvalue weighted by molar-refractivity contribution is 6.00. The number of nitrogens with one attached hydrogen (secondary N) is 1. The van der Waals surface area contributed by atoms with Gasteiger partial charge in [0.2, 0.25) is 0 Å². The van der Waals surface area contributed by atoms with E-state index in [9.17, 15) is 4.79 Å². The molecule has 0 aromatic heterocycles. The monoisotopic (exact) mass is 345 g/mol. The number of anilines is 1. The Labute approximate surface area is 150 Å². The molecule has 1 fully saturated rings. The van der Waals surface area contributed by atoms with E-state index in [0.717, 1.165) is 30.3 Å². The van der Waals surface area contributed by atoms with Gasteiger partial charge in [0.1, 0.15) is 24.4 Å². The summed E-state index contributed by atoms with van der Waals surface area (Å²) in [5.41, 5.74) is 7.15. The van der Waals surface area contributed by atoms with E-state index >= 15 is 0 Å². The standard InChI is InChI=1S/C19H28N4O2/c1-15(20)14-17(21-16-8-6-5-7-9-16)22-10-12-23(13-11-22)18(24)25-19(2,3)4/h5-9,14H,10-13H2,1-4H3,(H2,20,21)/p+1. The summed E-state index contributed by atoms with van der Waals surface area (Å²) in [5.74, 6) is 0.940. The first kappa shape index (κ1) is 18.8. The van der Waals surface area contributed by atoms with Crippen molar-refractivity contribution in [1.82, 2.24) is 4.90 Å². The van der Waals surface area contributed by atoms with E-state index in [1.807, 2.05) is 64.1 Å². The number of nitrogens with two attached hydrogens (primary N) is 1. The molecule has 1 aliphatic heterocycles. The van der Waals surface area contributed by atoms with Crippen LogP contribution in [-0.2, 0) is 4.74 Å². The molecule has 0 unspecified atom stereocenters. The van der Waals surface area contributed by atoms with Crippen LogP contribution in [0.15, 0.2) is 42.1 Å². The fraction of sp³-hybridized carbons (Fsp3) is 0.474. The lowest BCUT2D eigenvalue weighted by molar-refractivity contribution is -0.537. The normalized spacial score (nSPS) is 15.8. The molecule has 6 heteroatoms. The molecule has 1 aliphatic rings. The van der Waals surface area contributed by atoms with Gasteiger partial charge in [-0.25, -0.2) is 10.1 Å². The topological polar surface area (TPSA) is 70.6 Å². The van der Waals surface area contributed by atoms with E-state index in [2.05, 4.69) is 9.89 Å². The van der Waals surface area contributed by atoms with Gasteiger partial charge in [-0.2, -0.15) is 0 Å². The number of amidine groups is 1. The van der Waals surface area contributed by atoms with E-state index in [-0.39, 0.29) is 6.09 Å². The number of rotatable bonds is 2. The average Bonchev–Trinajstić information content (AvgIpc) is 2.53. The first-order chi connectivity index (χ1) is 11.7. The summed E-state index contributed by atoms with van der Waals surface area (Å²) in [5, 5.41) is 3.41. The van der Waals surface area contributed by atoms with Gasteiger partial charge in [0.05, 0.1) is 13.1 Å². The second kappa shape index (κ2) is 8.05. The summed E-state index contributed by atoms with van der Waals surface area (Å²) in [6.07, 6.45) is 1.67. The predicted molar refractivity (Wildman–Crippen MR) is 101 cm³/mol. The van der Waals surface area contributed by atoms with Crippen LogP contribution in [0.3, 0.4) is 0 Å². The molecule has 1 amide bonds. The van der Waals surface area contributed by atoms with Crippen molar-refractivity contribution in [2.24, 2.45) is 5.73 Å². The summed E-state index contributed by atoms with van der Waals surface area (Å²) in [6.45, 7) is 10.2. The number of carbonyl (C=O) groups is 1. The molecule has 0 bridgehead atoms. The van der Waals surface area contributed by atoms with Crippen LogP contribution in [0.2, 0.25) is 0 Å². The van der Waals surface area contributed by atoms with E-state index < -0.39 is 5.60 Å². The molecule has 0 spiro atoms. The molecule has 0 aliphatic carbocycles. The Balaban J connectivity index is 2.09. The lowest BCUT2D eigenvalue weighted by Crippen LogP contribution is -2.48. The number of piperazine rings is 1. The minimum Gasteiger partial charge on any atom is -0.444 e. The lowest BCUT2D eigenvalue weighted by atomic mass is 10.2. The van der Waals surface area contributed by atoms with E-state index in [0.29, 0.717) is 13.1 Å². The van der Waals surface area contributed by atoms with Gasteiger partial charge < -0.3 is 15.4 Å². The highest BCUT2D eigenvalue weighted by Gasteiger charge is 2.27. The van der Waals surface area contributed by atoms with Crippen LogP contribution in [0.4, 0.5) is 10.5 Å². The molecule has 6 nitrogen and oxygen atoms in total. The van der Waals surface area contributed by atoms with E-state index in [1.165, 1.54) is 0 Å². The zero-order valence-electron chi connectivity index (χ0n) is 15.6. The third-order valence-corrected chi connectivity index (χ3v) is 3.68. The summed E-state index contributed by atoms with van der Waals surface area (Å²) < 4.78 is 7.65. The quantitative estimate of drug-likeness (QED) is 0.638. The largest absolute Gasteiger partial charge is 0.444 e. The van der Waals surface area contributed by atoms with Gasteiger partial charge >= 0.3 is 6.09 Å². The van der Waals surface area contributed by atoms with Gasteiger partial charge in [0, 0.05) is 11.8 Å². The summed E-state index contributed by atoms with van der Waals surface area (Å²) >= 11 is 0. The minimum atomic E-state index is -0.472. The highest BCUT2D eigenvalue weighted by atomic mass is 16.6. The van der Waals surface area contributed by atoms with Gasteiger partial charge in [0.25, 0.3) is 5.84 Å². The van der Waals surface area contributed by atoms with Crippen LogP contribution < -0.4 is 11.1 Å². The minimum absolute atomic E-state index is 0.254. The average molecular weight is 345 g/mol. The maximum absolute atomic E-state index is 12.2. The molecule has 1 saturated heterocycles.